The predicted molar refractivity (Wildman–Crippen MR) is 55.0 cm³/mol. The highest BCUT2D eigenvalue weighted by atomic mass is 79.9. The summed E-state index contributed by atoms with van der Waals surface area (Å²) in [5.41, 5.74) is 0.848. The molecule has 0 aliphatic heterocycles. The monoisotopic (exact) mass is 251 g/mol. The van der Waals surface area contributed by atoms with Crippen molar-refractivity contribution in [1.82, 2.24) is 4.98 Å². The first-order chi connectivity index (χ1) is 6.79. The topological polar surface area (TPSA) is 43.1 Å². The van der Waals surface area contributed by atoms with Crippen molar-refractivity contribution in [2.45, 2.75) is 0 Å². The van der Waals surface area contributed by atoms with Crippen LogP contribution in [0.25, 0.3) is 11.5 Å². The lowest BCUT2D eigenvalue weighted by molar-refractivity contribution is 0.110. The second-order valence-electron chi connectivity index (χ2n) is 2.69. The molecule has 0 spiro atoms. The van der Waals surface area contributed by atoms with Crippen LogP contribution in [-0.4, -0.2) is 11.3 Å². The van der Waals surface area contributed by atoms with Crippen molar-refractivity contribution in [2.24, 2.45) is 0 Å². The van der Waals surface area contributed by atoms with Crippen LogP contribution in [0.4, 0.5) is 0 Å². The second-order valence-corrected chi connectivity index (χ2v) is 3.61. The Hall–Kier alpha value is -1.42. The predicted octanol–water partition coefficient (Wildman–Crippen LogP) is 2.92. The zero-order chi connectivity index (χ0) is 9.97. The Balaban J connectivity index is 2.39. The average Bonchev–Trinajstić information content (AvgIpc) is 2.67. The van der Waals surface area contributed by atoms with Crippen molar-refractivity contribution >= 4 is 22.2 Å². The van der Waals surface area contributed by atoms with Crippen LogP contribution in [0.5, 0.6) is 0 Å². The molecule has 3 nitrogen and oxygen atoms in total. The molecule has 14 heavy (non-hydrogen) atoms. The van der Waals surface area contributed by atoms with Crippen LogP contribution < -0.4 is 0 Å². The van der Waals surface area contributed by atoms with Gasteiger partial charge in [-0.3, -0.25) is 4.79 Å². The first-order valence-corrected chi connectivity index (χ1v) is 4.76. The zero-order valence-electron chi connectivity index (χ0n) is 7.11. The van der Waals surface area contributed by atoms with E-state index in [4.69, 9.17) is 4.42 Å². The Morgan fingerprint density at radius 3 is 2.57 bits per heavy atom. The van der Waals surface area contributed by atoms with Crippen LogP contribution in [0.3, 0.4) is 0 Å². The highest BCUT2D eigenvalue weighted by molar-refractivity contribution is 9.10. The molecule has 0 radical (unpaired) electrons. The molecule has 2 aromatic rings. The van der Waals surface area contributed by atoms with E-state index in [0.29, 0.717) is 12.2 Å². The van der Waals surface area contributed by atoms with E-state index in [2.05, 4.69) is 20.9 Å². The van der Waals surface area contributed by atoms with Crippen LogP contribution in [0.2, 0.25) is 0 Å². The lowest BCUT2D eigenvalue weighted by Gasteiger charge is -1.94. The Kier molecular flexibility index (Phi) is 2.45. The summed E-state index contributed by atoms with van der Waals surface area (Å²) in [6.07, 6.45) is 2.04. The number of nitrogens with zero attached hydrogens (tertiary/aromatic N) is 1. The maximum Gasteiger partial charge on any atom is 0.226 e. The van der Waals surface area contributed by atoms with Gasteiger partial charge in [0, 0.05) is 10.0 Å². The number of carbonyl (C=O) groups is 1. The average molecular weight is 252 g/mol. The fraction of sp³-hybridized carbons (Fsp3) is 0. The third kappa shape index (κ3) is 1.75. The largest absolute Gasteiger partial charge is 0.433 e. The molecule has 70 valence electrons. The van der Waals surface area contributed by atoms with E-state index in [0.717, 1.165) is 10.0 Å². The lowest BCUT2D eigenvalue weighted by atomic mass is 10.2. The Labute approximate surface area is 88.9 Å². The minimum Gasteiger partial charge on any atom is -0.433 e. The van der Waals surface area contributed by atoms with Gasteiger partial charge in [-0.05, 0) is 24.3 Å². The Bertz CT molecular complexity index is 447. The molecule has 4 heteroatoms. The molecule has 0 aliphatic carbocycles. The fourth-order valence-electron chi connectivity index (χ4n) is 1.07. The minimum absolute atomic E-state index is 0.239. The number of hydrogen-bond donors (Lipinski definition) is 0. The lowest BCUT2D eigenvalue weighted by Crippen LogP contribution is -1.75. The van der Waals surface area contributed by atoms with E-state index < -0.39 is 0 Å². The van der Waals surface area contributed by atoms with E-state index in [-0.39, 0.29) is 5.76 Å². The molecule has 0 saturated heterocycles. The normalized spacial score (nSPS) is 10.1. The first kappa shape index (κ1) is 9.15. The third-order valence-corrected chi connectivity index (χ3v) is 2.26. The number of hydrogen-bond acceptors (Lipinski definition) is 3. The van der Waals surface area contributed by atoms with Crippen LogP contribution in [0.1, 0.15) is 10.6 Å². The minimum atomic E-state index is 0.239. The molecular weight excluding hydrogens is 246 g/mol. The van der Waals surface area contributed by atoms with Crippen molar-refractivity contribution < 1.29 is 9.21 Å². The summed E-state index contributed by atoms with van der Waals surface area (Å²) in [5, 5.41) is 0. The van der Waals surface area contributed by atoms with Crippen LogP contribution in [0.15, 0.2) is 39.4 Å². The summed E-state index contributed by atoms with van der Waals surface area (Å²) in [7, 11) is 0. The SMILES string of the molecule is O=Cc1cnc(-c2ccc(Br)cc2)o1. The van der Waals surface area contributed by atoms with Gasteiger partial charge in [-0.25, -0.2) is 4.98 Å². The van der Waals surface area contributed by atoms with Gasteiger partial charge in [0.2, 0.25) is 5.89 Å². The van der Waals surface area contributed by atoms with Gasteiger partial charge in [0.1, 0.15) is 0 Å². The third-order valence-electron chi connectivity index (χ3n) is 1.73. The second kappa shape index (κ2) is 3.75. The van der Waals surface area contributed by atoms with Crippen LogP contribution in [-0.2, 0) is 0 Å². The standard InChI is InChI=1S/C10H6BrNO2/c11-8-3-1-7(2-4-8)10-12-5-9(6-13)14-10/h1-6H. The maximum atomic E-state index is 10.4. The first-order valence-electron chi connectivity index (χ1n) is 3.96. The molecule has 0 N–H and O–H groups in total. The molecule has 1 heterocycles. The maximum absolute atomic E-state index is 10.4. The number of rotatable bonds is 2. The molecule has 0 aliphatic rings. The molecular formula is C10H6BrNO2. The van der Waals surface area contributed by atoms with Gasteiger partial charge in [-0.2, -0.15) is 0 Å². The number of halogens is 1. The summed E-state index contributed by atoms with van der Waals surface area (Å²) in [6.45, 7) is 0. The highest BCUT2D eigenvalue weighted by Gasteiger charge is 2.04. The van der Waals surface area contributed by atoms with Gasteiger partial charge < -0.3 is 4.42 Å². The van der Waals surface area contributed by atoms with Gasteiger partial charge in [0.15, 0.2) is 12.0 Å². The van der Waals surface area contributed by atoms with Gasteiger partial charge in [-0.1, -0.05) is 15.9 Å². The number of oxazole rings is 1. The van der Waals surface area contributed by atoms with Crippen molar-refractivity contribution in [3.8, 4) is 11.5 Å². The van der Waals surface area contributed by atoms with E-state index in [1.165, 1.54) is 6.20 Å². The van der Waals surface area contributed by atoms with E-state index in [9.17, 15) is 4.79 Å². The summed E-state index contributed by atoms with van der Waals surface area (Å²) in [4.78, 5) is 14.3. The highest BCUT2D eigenvalue weighted by Crippen LogP contribution is 2.20. The van der Waals surface area contributed by atoms with Crippen molar-refractivity contribution in [3.05, 3.63) is 40.7 Å². The van der Waals surface area contributed by atoms with Gasteiger partial charge >= 0.3 is 0 Å². The Morgan fingerprint density at radius 2 is 2.00 bits per heavy atom. The summed E-state index contributed by atoms with van der Waals surface area (Å²) in [5.74, 6) is 0.697. The van der Waals surface area contributed by atoms with Crippen molar-refractivity contribution in [3.63, 3.8) is 0 Å². The molecule has 0 amide bonds. The summed E-state index contributed by atoms with van der Waals surface area (Å²) >= 11 is 3.33. The summed E-state index contributed by atoms with van der Waals surface area (Å²) < 4.78 is 6.15. The number of aromatic nitrogens is 1. The van der Waals surface area contributed by atoms with Gasteiger partial charge in [0.25, 0.3) is 0 Å². The molecule has 0 saturated carbocycles. The fourth-order valence-corrected chi connectivity index (χ4v) is 1.33. The molecule has 0 atom stereocenters. The quantitative estimate of drug-likeness (QED) is 0.771. The molecule has 0 bridgehead atoms. The van der Waals surface area contributed by atoms with Crippen LogP contribution in [0, 0.1) is 0 Å². The van der Waals surface area contributed by atoms with Gasteiger partial charge in [-0.15, -0.1) is 0 Å². The molecule has 1 aromatic carbocycles. The van der Waals surface area contributed by atoms with Crippen LogP contribution >= 0.6 is 15.9 Å². The molecule has 0 fully saturated rings. The number of benzene rings is 1. The van der Waals surface area contributed by atoms with E-state index >= 15 is 0 Å². The number of carbonyl (C=O) groups excluding carboxylic acids is 1. The Morgan fingerprint density at radius 1 is 1.29 bits per heavy atom. The van der Waals surface area contributed by atoms with Gasteiger partial charge in [0.05, 0.1) is 6.20 Å². The van der Waals surface area contributed by atoms with Crippen molar-refractivity contribution in [1.29, 1.82) is 0 Å². The van der Waals surface area contributed by atoms with E-state index in [1.54, 1.807) is 0 Å². The smallest absolute Gasteiger partial charge is 0.226 e. The molecule has 0 unspecified atom stereocenters. The molecule has 1 aromatic heterocycles. The zero-order valence-corrected chi connectivity index (χ0v) is 8.69. The summed E-state index contributed by atoms with van der Waals surface area (Å²) in [6, 6.07) is 7.51. The van der Waals surface area contributed by atoms with Crippen molar-refractivity contribution in [2.75, 3.05) is 0 Å². The number of aldehydes is 1. The van der Waals surface area contributed by atoms with E-state index in [1.807, 2.05) is 24.3 Å². The molecule has 2 rings (SSSR count).